The highest BCUT2D eigenvalue weighted by Gasteiger charge is 2.31. The topological polar surface area (TPSA) is 55.2 Å². The Kier molecular flexibility index (Phi) is 4.44. The van der Waals surface area contributed by atoms with Crippen molar-refractivity contribution in [3.63, 3.8) is 0 Å². The Morgan fingerprint density at radius 3 is 2.59 bits per heavy atom. The minimum atomic E-state index is -0.0952. The van der Waals surface area contributed by atoms with Gasteiger partial charge in [-0.25, -0.2) is 4.98 Å². The van der Waals surface area contributed by atoms with Crippen molar-refractivity contribution < 1.29 is 4.79 Å². The molecule has 3 aromatic rings. The highest BCUT2D eigenvalue weighted by molar-refractivity contribution is 9.10. The zero-order chi connectivity index (χ0) is 19.1. The summed E-state index contributed by atoms with van der Waals surface area (Å²) < 4.78 is 2.51. The SMILES string of the molecule is CCN1C(=O)/C(=C\c2nc3ccccc3c(=O)n2CC)c2cc(Br)ccc21. The largest absolute Gasteiger partial charge is 0.308 e. The van der Waals surface area contributed by atoms with Crippen molar-refractivity contribution in [1.29, 1.82) is 0 Å². The normalized spacial score (nSPS) is 15.0. The third-order valence-corrected chi connectivity index (χ3v) is 5.31. The summed E-state index contributed by atoms with van der Waals surface area (Å²) in [7, 11) is 0. The van der Waals surface area contributed by atoms with Gasteiger partial charge in [0.05, 0.1) is 22.2 Å². The number of fused-ring (bicyclic) bond motifs is 2. The van der Waals surface area contributed by atoms with E-state index < -0.39 is 0 Å². The molecule has 4 rings (SSSR count). The van der Waals surface area contributed by atoms with Crippen molar-refractivity contribution in [1.82, 2.24) is 9.55 Å². The maximum Gasteiger partial charge on any atom is 0.261 e. The number of amides is 1. The van der Waals surface area contributed by atoms with Crippen LogP contribution >= 0.6 is 15.9 Å². The molecule has 0 spiro atoms. The first-order chi connectivity index (χ1) is 13.0. The van der Waals surface area contributed by atoms with Crippen LogP contribution in [0.3, 0.4) is 0 Å². The minimum absolute atomic E-state index is 0.0735. The zero-order valence-corrected chi connectivity index (χ0v) is 16.7. The molecule has 0 bridgehead atoms. The van der Waals surface area contributed by atoms with Crippen molar-refractivity contribution >= 4 is 50.1 Å². The molecule has 0 fully saturated rings. The number of halogens is 1. The molecule has 5 nitrogen and oxygen atoms in total. The highest BCUT2D eigenvalue weighted by Crippen LogP contribution is 2.39. The number of hydrogen-bond acceptors (Lipinski definition) is 3. The quantitative estimate of drug-likeness (QED) is 0.596. The molecule has 136 valence electrons. The average molecular weight is 424 g/mol. The number of anilines is 1. The number of nitrogens with zero attached hydrogens (tertiary/aromatic N) is 3. The lowest BCUT2D eigenvalue weighted by atomic mass is 10.1. The van der Waals surface area contributed by atoms with Gasteiger partial charge < -0.3 is 4.90 Å². The lowest BCUT2D eigenvalue weighted by Gasteiger charge is -2.13. The lowest BCUT2D eigenvalue weighted by molar-refractivity contribution is -0.112. The van der Waals surface area contributed by atoms with Crippen LogP contribution in [-0.2, 0) is 11.3 Å². The van der Waals surface area contributed by atoms with E-state index in [1.54, 1.807) is 21.6 Å². The molecule has 1 amide bonds. The molecule has 0 N–H and O–H groups in total. The van der Waals surface area contributed by atoms with Crippen molar-refractivity contribution in [3.05, 3.63) is 68.7 Å². The summed E-state index contributed by atoms with van der Waals surface area (Å²) >= 11 is 3.48. The number of likely N-dealkylation sites (N-methyl/N-ethyl adjacent to an activating group) is 1. The van der Waals surface area contributed by atoms with Crippen LogP contribution < -0.4 is 10.5 Å². The van der Waals surface area contributed by atoms with Gasteiger partial charge in [-0.2, -0.15) is 0 Å². The van der Waals surface area contributed by atoms with Gasteiger partial charge in [-0.1, -0.05) is 28.1 Å². The molecule has 0 radical (unpaired) electrons. The van der Waals surface area contributed by atoms with E-state index in [1.807, 2.05) is 50.2 Å². The smallest absolute Gasteiger partial charge is 0.261 e. The minimum Gasteiger partial charge on any atom is -0.308 e. The van der Waals surface area contributed by atoms with Gasteiger partial charge in [-0.05, 0) is 50.3 Å². The number of aromatic nitrogens is 2. The molecule has 2 aromatic carbocycles. The Balaban J connectivity index is 1.98. The van der Waals surface area contributed by atoms with Crippen LogP contribution in [0.2, 0.25) is 0 Å². The molecule has 2 heterocycles. The molecule has 6 heteroatoms. The van der Waals surface area contributed by atoms with E-state index in [0.29, 0.717) is 35.4 Å². The van der Waals surface area contributed by atoms with Gasteiger partial charge in [0.15, 0.2) is 0 Å². The summed E-state index contributed by atoms with van der Waals surface area (Å²) in [5.41, 5.74) is 2.82. The maximum atomic E-state index is 13.0. The molecule has 1 aliphatic heterocycles. The Bertz CT molecular complexity index is 1160. The van der Waals surface area contributed by atoms with E-state index in [4.69, 9.17) is 0 Å². The van der Waals surface area contributed by atoms with Crippen LogP contribution in [0.1, 0.15) is 25.2 Å². The third kappa shape index (κ3) is 2.80. The first-order valence-corrected chi connectivity index (χ1v) is 9.67. The van der Waals surface area contributed by atoms with Crippen LogP contribution in [0, 0.1) is 0 Å². The van der Waals surface area contributed by atoms with Crippen LogP contribution in [0.15, 0.2) is 51.7 Å². The second kappa shape index (κ2) is 6.78. The van der Waals surface area contributed by atoms with Crippen LogP contribution in [0.5, 0.6) is 0 Å². The summed E-state index contributed by atoms with van der Waals surface area (Å²) in [6.07, 6.45) is 1.74. The molecule has 1 aliphatic rings. The highest BCUT2D eigenvalue weighted by atomic mass is 79.9. The predicted octanol–water partition coefficient (Wildman–Crippen LogP) is 4.09. The fourth-order valence-corrected chi connectivity index (χ4v) is 3.87. The summed E-state index contributed by atoms with van der Waals surface area (Å²) in [6.45, 7) is 4.91. The molecule has 0 unspecified atom stereocenters. The molecular weight excluding hydrogens is 406 g/mol. The molecule has 0 aliphatic carbocycles. The molecule has 27 heavy (non-hydrogen) atoms. The van der Waals surface area contributed by atoms with Crippen molar-refractivity contribution in [3.8, 4) is 0 Å². The van der Waals surface area contributed by atoms with Gasteiger partial charge in [0.2, 0.25) is 0 Å². The van der Waals surface area contributed by atoms with Gasteiger partial charge >= 0.3 is 0 Å². The molecule has 0 saturated heterocycles. The van der Waals surface area contributed by atoms with Gasteiger partial charge in [0.1, 0.15) is 5.82 Å². The molecular formula is C21H18BrN3O2. The molecule has 0 atom stereocenters. The first-order valence-electron chi connectivity index (χ1n) is 8.88. The van der Waals surface area contributed by atoms with Gasteiger partial charge in [-0.15, -0.1) is 0 Å². The number of para-hydroxylation sites is 1. The predicted molar refractivity (Wildman–Crippen MR) is 112 cm³/mol. The van der Waals surface area contributed by atoms with E-state index in [-0.39, 0.29) is 11.5 Å². The second-order valence-corrected chi connectivity index (χ2v) is 7.22. The van der Waals surface area contributed by atoms with Crippen LogP contribution in [0.25, 0.3) is 22.6 Å². The zero-order valence-electron chi connectivity index (χ0n) is 15.1. The monoisotopic (exact) mass is 423 g/mol. The Morgan fingerprint density at radius 2 is 1.85 bits per heavy atom. The first kappa shape index (κ1) is 17.7. The van der Waals surface area contributed by atoms with E-state index in [9.17, 15) is 9.59 Å². The van der Waals surface area contributed by atoms with E-state index >= 15 is 0 Å². The summed E-state index contributed by atoms with van der Waals surface area (Å²) in [6, 6.07) is 13.1. The van der Waals surface area contributed by atoms with Gasteiger partial charge in [0.25, 0.3) is 11.5 Å². The summed E-state index contributed by atoms with van der Waals surface area (Å²) in [5, 5.41) is 0.581. The number of carbonyl (C=O) groups excluding carboxylic acids is 1. The molecule has 1 aromatic heterocycles. The Hall–Kier alpha value is -2.73. The van der Waals surface area contributed by atoms with Gasteiger partial charge in [0, 0.05) is 23.1 Å². The van der Waals surface area contributed by atoms with E-state index in [1.165, 1.54) is 0 Å². The number of carbonyl (C=O) groups is 1. The van der Waals surface area contributed by atoms with Crippen molar-refractivity contribution in [2.75, 3.05) is 11.4 Å². The number of rotatable bonds is 3. The second-order valence-electron chi connectivity index (χ2n) is 6.31. The average Bonchev–Trinajstić information content (AvgIpc) is 2.93. The number of hydrogen-bond donors (Lipinski definition) is 0. The maximum absolute atomic E-state index is 13.0. The standard InChI is InChI=1S/C21H18BrN3O2/c1-3-24-18-10-9-13(22)11-15(18)16(21(24)27)12-19-23-17-8-6-5-7-14(17)20(26)25(19)4-2/h5-12H,3-4H2,1-2H3/b16-12-. The number of benzene rings is 2. The fraction of sp³-hybridized carbons (Fsp3) is 0.190. The van der Waals surface area contributed by atoms with Crippen molar-refractivity contribution in [2.45, 2.75) is 20.4 Å². The van der Waals surface area contributed by atoms with E-state index in [2.05, 4.69) is 20.9 Å². The van der Waals surface area contributed by atoms with Crippen molar-refractivity contribution in [2.24, 2.45) is 0 Å². The fourth-order valence-electron chi connectivity index (χ4n) is 3.51. The lowest BCUT2D eigenvalue weighted by Crippen LogP contribution is -2.26. The van der Waals surface area contributed by atoms with E-state index in [0.717, 1.165) is 15.7 Å². The molecule has 0 saturated carbocycles. The summed E-state index contributed by atoms with van der Waals surface area (Å²) in [4.78, 5) is 32.2. The van der Waals surface area contributed by atoms with Crippen LogP contribution in [0.4, 0.5) is 5.69 Å². The summed E-state index contributed by atoms with van der Waals surface area (Å²) in [5.74, 6) is 0.420. The van der Waals surface area contributed by atoms with Gasteiger partial charge in [-0.3, -0.25) is 14.2 Å². The van der Waals surface area contributed by atoms with Crippen LogP contribution in [-0.4, -0.2) is 22.0 Å². The Morgan fingerprint density at radius 1 is 1.07 bits per heavy atom. The Labute approximate surface area is 165 Å². The third-order valence-electron chi connectivity index (χ3n) is 4.81.